The van der Waals surface area contributed by atoms with Gasteiger partial charge in [-0.05, 0) is 14.1 Å². The van der Waals surface area contributed by atoms with Crippen LogP contribution in [0.1, 0.15) is 0 Å². The van der Waals surface area contributed by atoms with E-state index in [1.165, 1.54) is 21.9 Å². The minimum atomic E-state index is -3.19. The zero-order chi connectivity index (χ0) is 29.4. The highest BCUT2D eigenvalue weighted by molar-refractivity contribution is 8.13. The number of likely N-dealkylation sites (N-methyl/N-ethyl adjacent to an activating group) is 1. The number of piperazine rings is 1. The summed E-state index contributed by atoms with van der Waals surface area (Å²) in [6.07, 6.45) is 3.33. The Morgan fingerprint density at radius 3 is 1.31 bits per heavy atom. The molecule has 224 valence electrons. The summed E-state index contributed by atoms with van der Waals surface area (Å²) < 4.78 is 65.4. The summed E-state index contributed by atoms with van der Waals surface area (Å²) in [4.78, 5) is 2.13. The molecule has 0 radical (unpaired) electrons. The van der Waals surface area contributed by atoms with E-state index in [-0.39, 0.29) is 0 Å². The second kappa shape index (κ2) is 26.3. The maximum Gasteiger partial charge on any atom is 0.229 e. The van der Waals surface area contributed by atoms with Crippen LogP contribution in [-0.4, -0.2) is 148 Å². The van der Waals surface area contributed by atoms with E-state index >= 15 is 0 Å². The van der Waals surface area contributed by atoms with Crippen molar-refractivity contribution >= 4 is 86.2 Å². The summed E-state index contributed by atoms with van der Waals surface area (Å²) in [5.74, 6) is 1.92. The third-order valence-corrected chi connectivity index (χ3v) is 6.93. The number of nitrogens with two attached hydrogens (primary N) is 1. The lowest BCUT2D eigenvalue weighted by Crippen LogP contribution is -2.46. The van der Waals surface area contributed by atoms with Crippen LogP contribution < -0.4 is 11.1 Å². The Kier molecular flexibility index (Phi) is 32.3. The molecular weight excluding hydrogens is 644 g/mol. The standard InChI is InChI=1S/C6H14N2O2S.C5H11Cl2NO2S.C4H9Cl2N.CH3ClO2S.CH5N/c1-7-3-5-8(6-4-7)11(2,9)10;1-11(9,10)8(4-2-6)5-3-7;5-1-3-7-4-2-6;1-5(2,3)4;1-2/h3-6H2,1-2H3;2-5H2,1H3;7H,1-4H2;1H3;2H2,1H3. The number of hydrogen-bond donors (Lipinski definition) is 2. The average Bonchev–Trinajstić information content (AvgIpc) is 2.74. The highest BCUT2D eigenvalue weighted by Crippen LogP contribution is 2.03. The third kappa shape index (κ3) is 37.3. The van der Waals surface area contributed by atoms with Gasteiger partial charge >= 0.3 is 0 Å². The fourth-order valence-electron chi connectivity index (χ4n) is 2.01. The number of rotatable bonds is 10. The Hall–Kier alpha value is 1.10. The molecule has 0 aromatic rings. The van der Waals surface area contributed by atoms with Gasteiger partial charge in [-0.2, -0.15) is 8.61 Å². The Balaban J connectivity index is -0.000000193. The van der Waals surface area contributed by atoms with E-state index in [4.69, 9.17) is 46.4 Å². The fourth-order valence-corrected chi connectivity index (χ4v) is 4.56. The highest BCUT2D eigenvalue weighted by Gasteiger charge is 2.20. The molecule has 1 fully saturated rings. The molecule has 0 atom stereocenters. The quantitative estimate of drug-likeness (QED) is 0.193. The lowest BCUT2D eigenvalue weighted by atomic mass is 10.4. The minimum absolute atomic E-state index is 0.296. The first-order chi connectivity index (χ1) is 16.4. The van der Waals surface area contributed by atoms with Crippen molar-refractivity contribution < 1.29 is 25.3 Å². The lowest BCUT2D eigenvalue weighted by molar-refractivity contribution is 0.223. The van der Waals surface area contributed by atoms with E-state index in [0.717, 1.165) is 38.7 Å². The van der Waals surface area contributed by atoms with Crippen LogP contribution in [0, 0.1) is 0 Å². The summed E-state index contributed by atoms with van der Waals surface area (Å²) in [5, 5.41) is 3.02. The SMILES string of the molecule is CN.CN1CCN(S(C)(=O)=O)CC1.CS(=O)(=O)Cl.CS(=O)(=O)N(CCCl)CCCl.ClCCNCCCl. The summed E-state index contributed by atoms with van der Waals surface area (Å²) in [7, 11) is -1.26. The van der Waals surface area contributed by atoms with Crippen molar-refractivity contribution in [3.8, 4) is 0 Å². The van der Waals surface area contributed by atoms with Crippen LogP contribution in [0.25, 0.3) is 0 Å². The van der Waals surface area contributed by atoms with Crippen LogP contribution in [-0.2, 0) is 29.1 Å². The monoisotopic (exact) mass is 683 g/mol. The van der Waals surface area contributed by atoms with Gasteiger partial charge in [0.25, 0.3) is 0 Å². The molecule has 0 saturated carbocycles. The van der Waals surface area contributed by atoms with E-state index in [0.29, 0.717) is 49.7 Å². The largest absolute Gasteiger partial charge is 0.333 e. The number of nitrogens with zero attached hydrogens (tertiary/aromatic N) is 3. The van der Waals surface area contributed by atoms with Crippen LogP contribution in [0.3, 0.4) is 0 Å². The lowest BCUT2D eigenvalue weighted by Gasteiger charge is -2.30. The molecule has 1 aliphatic heterocycles. The van der Waals surface area contributed by atoms with Crippen LogP contribution in [0.4, 0.5) is 0 Å². The number of hydrogen-bond acceptors (Lipinski definition) is 9. The van der Waals surface area contributed by atoms with Gasteiger partial charge in [0.1, 0.15) is 0 Å². The maximum atomic E-state index is 11.0. The number of nitrogens with one attached hydrogen (secondary N) is 1. The summed E-state index contributed by atoms with van der Waals surface area (Å²) in [5.41, 5.74) is 4.50. The van der Waals surface area contributed by atoms with Gasteiger partial charge < -0.3 is 16.0 Å². The molecule has 1 heterocycles. The summed E-state index contributed by atoms with van der Waals surface area (Å²) in [6, 6.07) is 0. The molecule has 0 spiro atoms. The zero-order valence-electron chi connectivity index (χ0n) is 21.5. The molecule has 36 heavy (non-hydrogen) atoms. The molecule has 1 saturated heterocycles. The summed E-state index contributed by atoms with van der Waals surface area (Å²) in [6.45, 7) is 5.31. The van der Waals surface area contributed by atoms with Gasteiger partial charge in [-0.1, -0.05) is 0 Å². The van der Waals surface area contributed by atoms with E-state index in [9.17, 15) is 25.3 Å². The molecule has 0 bridgehead atoms. The van der Waals surface area contributed by atoms with Gasteiger partial charge in [0.15, 0.2) is 0 Å². The molecule has 0 aromatic carbocycles. The Morgan fingerprint density at radius 1 is 0.750 bits per heavy atom. The van der Waals surface area contributed by atoms with E-state index < -0.39 is 29.1 Å². The Morgan fingerprint density at radius 2 is 1.08 bits per heavy atom. The van der Waals surface area contributed by atoms with Crippen molar-refractivity contribution in [1.29, 1.82) is 0 Å². The van der Waals surface area contributed by atoms with Gasteiger partial charge in [0.05, 0.1) is 18.8 Å². The van der Waals surface area contributed by atoms with Gasteiger partial charge in [-0.15, -0.1) is 46.4 Å². The van der Waals surface area contributed by atoms with Crippen LogP contribution in [0.2, 0.25) is 0 Å². The zero-order valence-corrected chi connectivity index (χ0v) is 27.7. The summed E-state index contributed by atoms with van der Waals surface area (Å²) >= 11 is 21.4. The van der Waals surface area contributed by atoms with Gasteiger partial charge in [0.2, 0.25) is 29.1 Å². The second-order valence-electron chi connectivity index (χ2n) is 6.81. The molecule has 0 aliphatic carbocycles. The molecule has 0 aromatic heterocycles. The predicted molar refractivity (Wildman–Crippen MR) is 157 cm³/mol. The number of sulfonamides is 2. The molecule has 0 unspecified atom stereocenters. The number of halogens is 5. The first-order valence-corrected chi connectivity index (χ1v) is 19.0. The Bertz CT molecular complexity index is 782. The van der Waals surface area contributed by atoms with Crippen LogP contribution >= 0.6 is 57.1 Å². The molecule has 0 amide bonds. The highest BCUT2D eigenvalue weighted by atomic mass is 35.7. The van der Waals surface area contributed by atoms with Crippen molar-refractivity contribution in [2.45, 2.75) is 0 Å². The topological polar surface area (TPSA) is 150 Å². The first kappa shape index (κ1) is 44.1. The van der Waals surface area contributed by atoms with Crippen LogP contribution in [0.5, 0.6) is 0 Å². The van der Waals surface area contributed by atoms with Crippen molar-refractivity contribution in [2.75, 3.05) is 109 Å². The molecular formula is C17H42Cl5N5O6S3. The van der Waals surface area contributed by atoms with Crippen molar-refractivity contribution in [3.63, 3.8) is 0 Å². The average molecular weight is 686 g/mol. The first-order valence-electron chi connectivity index (χ1n) is 10.4. The molecule has 19 heteroatoms. The molecule has 3 N–H and O–H groups in total. The van der Waals surface area contributed by atoms with Gasteiger partial charge in [-0.25, -0.2) is 25.3 Å². The van der Waals surface area contributed by atoms with Gasteiger partial charge in [-0.3, -0.25) is 0 Å². The van der Waals surface area contributed by atoms with E-state index in [1.807, 2.05) is 7.05 Å². The van der Waals surface area contributed by atoms with E-state index in [1.54, 1.807) is 0 Å². The third-order valence-electron chi connectivity index (χ3n) is 3.61. The van der Waals surface area contributed by atoms with Crippen molar-refractivity contribution in [1.82, 2.24) is 18.8 Å². The molecule has 11 nitrogen and oxygen atoms in total. The molecule has 1 aliphatic rings. The van der Waals surface area contributed by atoms with Gasteiger partial charge in [0, 0.05) is 86.6 Å². The van der Waals surface area contributed by atoms with E-state index in [2.05, 4.69) is 26.6 Å². The second-order valence-corrected chi connectivity index (χ2v) is 15.3. The Labute approximate surface area is 243 Å². The van der Waals surface area contributed by atoms with Crippen LogP contribution in [0.15, 0.2) is 0 Å². The van der Waals surface area contributed by atoms with Crippen molar-refractivity contribution in [3.05, 3.63) is 0 Å². The smallest absolute Gasteiger partial charge is 0.229 e. The predicted octanol–water partition coefficient (Wildman–Crippen LogP) is 0.732. The minimum Gasteiger partial charge on any atom is -0.333 e. The van der Waals surface area contributed by atoms with Crippen molar-refractivity contribution in [2.24, 2.45) is 5.73 Å². The molecule has 1 rings (SSSR count). The normalized spacial score (nSPS) is 14.7. The number of alkyl halides is 4. The maximum absolute atomic E-state index is 11.0. The fraction of sp³-hybridized carbons (Fsp3) is 1.00.